The molecule has 5 heteroatoms. The van der Waals surface area contributed by atoms with E-state index in [0.717, 1.165) is 44.9 Å². The zero-order chi connectivity index (χ0) is 17.4. The number of rotatable bonds is 3. The van der Waals surface area contributed by atoms with Gasteiger partial charge in [-0.2, -0.15) is 10.2 Å². The molecule has 0 unspecified atom stereocenters. The Morgan fingerprint density at radius 1 is 1.00 bits per heavy atom. The number of nitrogens with zero attached hydrogens (tertiary/aromatic N) is 3. The second kappa shape index (κ2) is 6.07. The van der Waals surface area contributed by atoms with E-state index in [9.17, 15) is 4.79 Å². The number of aryl methyl sites for hydroxylation is 4. The third-order valence-corrected chi connectivity index (χ3v) is 4.46. The molecule has 1 amide bonds. The van der Waals surface area contributed by atoms with E-state index in [1.165, 1.54) is 0 Å². The maximum absolute atomic E-state index is 11.9. The Balaban J connectivity index is 2.31. The van der Waals surface area contributed by atoms with Gasteiger partial charge in [-0.1, -0.05) is 19.1 Å². The summed E-state index contributed by atoms with van der Waals surface area (Å²) in [5.74, 6) is 0.00478. The first-order valence-corrected chi connectivity index (χ1v) is 8.16. The van der Waals surface area contributed by atoms with Crippen molar-refractivity contribution in [1.29, 1.82) is 0 Å². The highest BCUT2D eigenvalue weighted by Gasteiger charge is 2.19. The first-order valence-electron chi connectivity index (χ1n) is 8.16. The smallest absolute Gasteiger partial charge is 0.224 e. The minimum Gasteiger partial charge on any atom is -0.324 e. The van der Waals surface area contributed by atoms with Crippen LogP contribution in [0.5, 0.6) is 0 Å². The molecule has 3 aromatic rings. The Labute approximate surface area is 141 Å². The molecule has 0 saturated carbocycles. The Morgan fingerprint density at radius 2 is 1.54 bits per heavy atom. The van der Waals surface area contributed by atoms with E-state index in [4.69, 9.17) is 0 Å². The van der Waals surface area contributed by atoms with Crippen LogP contribution in [0.2, 0.25) is 0 Å². The van der Waals surface area contributed by atoms with Crippen LogP contribution in [0.4, 0.5) is 5.69 Å². The minimum atomic E-state index is 0.00478. The molecule has 0 aliphatic heterocycles. The van der Waals surface area contributed by atoms with Crippen LogP contribution < -0.4 is 5.32 Å². The van der Waals surface area contributed by atoms with E-state index in [2.05, 4.69) is 33.9 Å². The van der Waals surface area contributed by atoms with Gasteiger partial charge in [0.15, 0.2) is 0 Å². The lowest BCUT2D eigenvalue weighted by Gasteiger charge is -2.15. The normalized spacial score (nSPS) is 11.0. The van der Waals surface area contributed by atoms with Crippen molar-refractivity contribution in [1.82, 2.24) is 14.8 Å². The van der Waals surface area contributed by atoms with E-state index < -0.39 is 0 Å². The highest BCUT2D eigenvalue weighted by Crippen LogP contribution is 2.33. The Bertz CT molecular complexity index is 895. The predicted octanol–water partition coefficient (Wildman–Crippen LogP) is 4.00. The summed E-state index contributed by atoms with van der Waals surface area (Å²) in [4.78, 5) is 11.9. The van der Waals surface area contributed by atoms with Gasteiger partial charge in [0.05, 0.1) is 22.8 Å². The summed E-state index contributed by atoms with van der Waals surface area (Å²) < 4.78 is 2.18. The summed E-state index contributed by atoms with van der Waals surface area (Å²) >= 11 is 0. The molecule has 2 aromatic heterocycles. The van der Waals surface area contributed by atoms with Crippen molar-refractivity contribution >= 4 is 22.4 Å². The third-order valence-electron chi connectivity index (χ3n) is 4.46. The van der Waals surface area contributed by atoms with Gasteiger partial charge in [0.25, 0.3) is 0 Å². The van der Waals surface area contributed by atoms with Gasteiger partial charge in [-0.3, -0.25) is 4.79 Å². The first-order chi connectivity index (χ1) is 11.5. The van der Waals surface area contributed by atoms with E-state index in [1.54, 1.807) is 0 Å². The minimum absolute atomic E-state index is 0.00478. The van der Waals surface area contributed by atoms with Gasteiger partial charge in [0.1, 0.15) is 0 Å². The molecule has 0 atom stereocenters. The van der Waals surface area contributed by atoms with Crippen molar-refractivity contribution in [3.8, 4) is 5.69 Å². The van der Waals surface area contributed by atoms with Gasteiger partial charge < -0.3 is 9.88 Å². The van der Waals surface area contributed by atoms with Crippen LogP contribution >= 0.6 is 0 Å². The van der Waals surface area contributed by atoms with E-state index in [0.29, 0.717) is 6.42 Å². The maximum Gasteiger partial charge on any atom is 0.224 e. The van der Waals surface area contributed by atoms with Crippen molar-refractivity contribution in [2.24, 2.45) is 0 Å². The van der Waals surface area contributed by atoms with Crippen molar-refractivity contribution in [2.45, 2.75) is 41.0 Å². The van der Waals surface area contributed by atoms with Crippen molar-refractivity contribution in [2.75, 3.05) is 5.32 Å². The average molecular weight is 322 g/mol. The summed E-state index contributed by atoms with van der Waals surface area (Å²) in [6, 6.07) is 7.87. The van der Waals surface area contributed by atoms with Gasteiger partial charge in [-0.15, -0.1) is 0 Å². The molecule has 3 rings (SSSR count). The largest absolute Gasteiger partial charge is 0.324 e. The number of aromatic nitrogens is 3. The van der Waals surface area contributed by atoms with Gasteiger partial charge in [0, 0.05) is 28.6 Å². The second-order valence-corrected chi connectivity index (χ2v) is 6.05. The lowest BCUT2D eigenvalue weighted by Crippen LogP contribution is -2.12. The van der Waals surface area contributed by atoms with Gasteiger partial charge in [-0.05, 0) is 39.8 Å². The molecule has 2 heterocycles. The number of carbonyl (C=O) groups excluding carboxylic acids is 1. The molecule has 0 aliphatic carbocycles. The zero-order valence-corrected chi connectivity index (χ0v) is 14.8. The monoisotopic (exact) mass is 322 g/mol. The third kappa shape index (κ3) is 2.46. The highest BCUT2D eigenvalue weighted by atomic mass is 16.1. The quantitative estimate of drug-likeness (QED) is 0.793. The number of nitrogens with one attached hydrogen (secondary N) is 1. The van der Waals surface area contributed by atoms with Crippen LogP contribution in [0, 0.1) is 27.7 Å². The highest BCUT2D eigenvalue weighted by molar-refractivity contribution is 5.95. The average Bonchev–Trinajstić information content (AvgIpc) is 2.84. The lowest BCUT2D eigenvalue weighted by atomic mass is 10.1. The molecule has 1 aromatic carbocycles. The van der Waals surface area contributed by atoms with Crippen LogP contribution in [0.25, 0.3) is 16.5 Å². The number of hydrogen-bond donors (Lipinski definition) is 1. The number of benzene rings is 1. The summed E-state index contributed by atoms with van der Waals surface area (Å²) in [5, 5.41) is 13.8. The fourth-order valence-electron chi connectivity index (χ4n) is 3.35. The van der Waals surface area contributed by atoms with Gasteiger partial charge in [-0.25, -0.2) is 0 Å². The number of amides is 1. The number of anilines is 1. The topological polar surface area (TPSA) is 59.8 Å². The predicted molar refractivity (Wildman–Crippen MR) is 96.7 cm³/mol. The van der Waals surface area contributed by atoms with Crippen LogP contribution in [0.1, 0.15) is 36.1 Å². The molecule has 5 nitrogen and oxygen atoms in total. The zero-order valence-electron chi connectivity index (χ0n) is 14.8. The Morgan fingerprint density at radius 3 is 2.08 bits per heavy atom. The molecular weight excluding hydrogens is 300 g/mol. The molecule has 24 heavy (non-hydrogen) atoms. The molecule has 0 bridgehead atoms. The van der Waals surface area contributed by atoms with Crippen LogP contribution in [-0.2, 0) is 4.79 Å². The molecule has 0 saturated heterocycles. The Hall–Kier alpha value is -2.69. The molecule has 0 fully saturated rings. The van der Waals surface area contributed by atoms with E-state index in [1.807, 2.05) is 45.0 Å². The summed E-state index contributed by atoms with van der Waals surface area (Å²) in [5.41, 5.74) is 5.83. The lowest BCUT2D eigenvalue weighted by molar-refractivity contribution is -0.115. The van der Waals surface area contributed by atoms with Crippen molar-refractivity contribution in [3.05, 3.63) is 47.0 Å². The summed E-state index contributed by atoms with van der Waals surface area (Å²) in [6.45, 7) is 9.98. The SMILES string of the molecule is CCC(=O)Nc1ccccc1-n1c(C)c2c(C)nnc(C)c2c1C. The molecule has 124 valence electrons. The van der Waals surface area contributed by atoms with Crippen LogP contribution in [0.15, 0.2) is 24.3 Å². The van der Waals surface area contributed by atoms with E-state index >= 15 is 0 Å². The number of fused-ring (bicyclic) bond motifs is 1. The standard InChI is InChI=1S/C19H22N4O/c1-6-17(24)20-15-9-7-8-10-16(15)23-13(4)18-11(2)21-22-12(3)19(18)14(23)5/h7-10H,6H2,1-5H3,(H,20,24). The van der Waals surface area contributed by atoms with Crippen molar-refractivity contribution in [3.63, 3.8) is 0 Å². The molecule has 0 radical (unpaired) electrons. The number of hydrogen-bond acceptors (Lipinski definition) is 3. The molecular formula is C19H22N4O. The summed E-state index contributed by atoms with van der Waals surface area (Å²) in [6.07, 6.45) is 0.450. The van der Waals surface area contributed by atoms with Crippen LogP contribution in [0.3, 0.4) is 0 Å². The van der Waals surface area contributed by atoms with Gasteiger partial charge >= 0.3 is 0 Å². The summed E-state index contributed by atoms with van der Waals surface area (Å²) in [7, 11) is 0. The maximum atomic E-state index is 11.9. The molecule has 1 N–H and O–H groups in total. The molecule has 0 aliphatic rings. The van der Waals surface area contributed by atoms with Gasteiger partial charge in [0.2, 0.25) is 5.91 Å². The first kappa shape index (κ1) is 16.2. The fraction of sp³-hybridized carbons (Fsp3) is 0.316. The number of para-hydroxylation sites is 2. The number of carbonyl (C=O) groups is 1. The molecule has 0 spiro atoms. The van der Waals surface area contributed by atoms with E-state index in [-0.39, 0.29) is 5.91 Å². The fourth-order valence-corrected chi connectivity index (χ4v) is 3.35. The Kier molecular flexibility index (Phi) is 4.09. The van der Waals surface area contributed by atoms with Crippen LogP contribution in [-0.4, -0.2) is 20.7 Å². The van der Waals surface area contributed by atoms with Crippen molar-refractivity contribution < 1.29 is 4.79 Å². The second-order valence-electron chi connectivity index (χ2n) is 6.05.